The van der Waals surface area contributed by atoms with Gasteiger partial charge < -0.3 is 9.47 Å². The van der Waals surface area contributed by atoms with Crippen LogP contribution in [0.5, 0.6) is 0 Å². The van der Waals surface area contributed by atoms with Crippen LogP contribution in [0, 0.1) is 0 Å². The molecule has 26 heavy (non-hydrogen) atoms. The van der Waals surface area contributed by atoms with E-state index < -0.39 is 0 Å². The van der Waals surface area contributed by atoms with Crippen LogP contribution in [0.4, 0.5) is 0 Å². The van der Waals surface area contributed by atoms with Gasteiger partial charge >= 0.3 is 0 Å². The zero-order valence-corrected chi connectivity index (χ0v) is 15.1. The quantitative estimate of drug-likeness (QED) is 0.686. The molecule has 4 heteroatoms. The number of benzene rings is 2. The standard InChI is InChI=1S/C22H25N3O/c26-22(16-24-17-23-20-13-7-8-14-21(20)24)25(19-11-5-2-6-12-19)15-18-9-3-1-4-10-18/h1,3-4,7-10,13-14,17,19H,2,5-6,11-12,15-16H2. The molecule has 0 spiro atoms. The van der Waals surface area contributed by atoms with Gasteiger partial charge in [0, 0.05) is 12.6 Å². The molecule has 0 aliphatic heterocycles. The summed E-state index contributed by atoms with van der Waals surface area (Å²) < 4.78 is 1.97. The van der Waals surface area contributed by atoms with Gasteiger partial charge in [0.1, 0.15) is 6.54 Å². The van der Waals surface area contributed by atoms with Crippen molar-refractivity contribution in [1.29, 1.82) is 0 Å². The third-order valence-corrected chi connectivity index (χ3v) is 5.36. The summed E-state index contributed by atoms with van der Waals surface area (Å²) >= 11 is 0. The van der Waals surface area contributed by atoms with Crippen molar-refractivity contribution in [1.82, 2.24) is 14.5 Å². The van der Waals surface area contributed by atoms with Crippen LogP contribution < -0.4 is 0 Å². The van der Waals surface area contributed by atoms with Gasteiger partial charge in [0.2, 0.25) is 5.91 Å². The molecule has 0 atom stereocenters. The Morgan fingerprint density at radius 1 is 1.00 bits per heavy atom. The minimum atomic E-state index is 0.184. The van der Waals surface area contributed by atoms with Gasteiger partial charge in [-0.2, -0.15) is 0 Å². The smallest absolute Gasteiger partial charge is 0.243 e. The lowest BCUT2D eigenvalue weighted by Gasteiger charge is -2.34. The van der Waals surface area contributed by atoms with E-state index in [1.807, 2.05) is 47.0 Å². The van der Waals surface area contributed by atoms with Crippen molar-refractivity contribution in [2.45, 2.75) is 51.2 Å². The topological polar surface area (TPSA) is 38.1 Å². The first kappa shape index (κ1) is 16.8. The van der Waals surface area contributed by atoms with E-state index in [0.29, 0.717) is 19.1 Å². The number of fused-ring (bicyclic) bond motifs is 1. The van der Waals surface area contributed by atoms with Crippen LogP contribution in [-0.2, 0) is 17.9 Å². The van der Waals surface area contributed by atoms with Crippen molar-refractivity contribution in [3.8, 4) is 0 Å². The molecule has 1 amide bonds. The third kappa shape index (κ3) is 3.64. The van der Waals surface area contributed by atoms with E-state index in [1.54, 1.807) is 6.33 Å². The SMILES string of the molecule is O=C(Cn1cnc2ccccc21)N(Cc1ccccc1)C1CCCCC1. The predicted octanol–water partition coefficient (Wildman–Crippen LogP) is 4.40. The van der Waals surface area contributed by atoms with Gasteiger partial charge in [-0.3, -0.25) is 4.79 Å². The van der Waals surface area contributed by atoms with E-state index in [4.69, 9.17) is 0 Å². The minimum Gasteiger partial charge on any atom is -0.334 e. The number of carbonyl (C=O) groups excluding carboxylic acids is 1. The Hall–Kier alpha value is -2.62. The molecular formula is C22H25N3O. The molecule has 2 aromatic carbocycles. The first-order chi connectivity index (χ1) is 12.8. The molecular weight excluding hydrogens is 322 g/mol. The Balaban J connectivity index is 1.56. The first-order valence-corrected chi connectivity index (χ1v) is 9.54. The van der Waals surface area contributed by atoms with E-state index in [1.165, 1.54) is 24.8 Å². The van der Waals surface area contributed by atoms with Gasteiger partial charge in [-0.1, -0.05) is 61.7 Å². The van der Waals surface area contributed by atoms with Crippen molar-refractivity contribution in [2.24, 2.45) is 0 Å². The van der Waals surface area contributed by atoms with Gasteiger partial charge in [0.25, 0.3) is 0 Å². The van der Waals surface area contributed by atoms with Crippen molar-refractivity contribution in [3.63, 3.8) is 0 Å². The number of amides is 1. The monoisotopic (exact) mass is 347 g/mol. The number of carbonyl (C=O) groups is 1. The van der Waals surface area contributed by atoms with Crippen LogP contribution in [0.3, 0.4) is 0 Å². The molecule has 0 unspecified atom stereocenters. The minimum absolute atomic E-state index is 0.184. The second-order valence-corrected chi connectivity index (χ2v) is 7.16. The number of aromatic nitrogens is 2. The zero-order valence-electron chi connectivity index (χ0n) is 15.1. The maximum Gasteiger partial charge on any atom is 0.243 e. The lowest BCUT2D eigenvalue weighted by atomic mass is 9.93. The Morgan fingerprint density at radius 2 is 1.73 bits per heavy atom. The predicted molar refractivity (Wildman–Crippen MR) is 104 cm³/mol. The fourth-order valence-electron chi connectivity index (χ4n) is 3.97. The Kier molecular flexibility index (Phi) is 5.00. The number of nitrogens with zero attached hydrogens (tertiary/aromatic N) is 3. The number of rotatable bonds is 5. The Labute approximate surface area is 154 Å². The van der Waals surface area contributed by atoms with Crippen molar-refractivity contribution < 1.29 is 4.79 Å². The zero-order chi connectivity index (χ0) is 17.8. The summed E-state index contributed by atoms with van der Waals surface area (Å²) in [5.41, 5.74) is 3.15. The molecule has 1 aliphatic carbocycles. The third-order valence-electron chi connectivity index (χ3n) is 5.36. The Morgan fingerprint density at radius 3 is 2.54 bits per heavy atom. The average Bonchev–Trinajstić information content (AvgIpc) is 3.10. The van der Waals surface area contributed by atoms with Crippen LogP contribution in [0.25, 0.3) is 11.0 Å². The van der Waals surface area contributed by atoms with Gasteiger partial charge in [0.05, 0.1) is 17.4 Å². The molecule has 0 bridgehead atoms. The molecule has 134 valence electrons. The highest BCUT2D eigenvalue weighted by Crippen LogP contribution is 2.25. The molecule has 4 nitrogen and oxygen atoms in total. The molecule has 1 saturated carbocycles. The highest BCUT2D eigenvalue weighted by Gasteiger charge is 2.26. The largest absolute Gasteiger partial charge is 0.334 e. The van der Waals surface area contributed by atoms with Crippen LogP contribution >= 0.6 is 0 Å². The van der Waals surface area contributed by atoms with Crippen LogP contribution in [0.1, 0.15) is 37.7 Å². The molecule has 3 aromatic rings. The number of hydrogen-bond donors (Lipinski definition) is 0. The molecule has 1 aliphatic rings. The van der Waals surface area contributed by atoms with Gasteiger partial charge in [-0.05, 0) is 30.5 Å². The van der Waals surface area contributed by atoms with E-state index in [-0.39, 0.29) is 5.91 Å². The van der Waals surface area contributed by atoms with E-state index in [9.17, 15) is 4.79 Å². The summed E-state index contributed by atoms with van der Waals surface area (Å²) in [5, 5.41) is 0. The summed E-state index contributed by atoms with van der Waals surface area (Å²) in [6.45, 7) is 1.04. The number of hydrogen-bond acceptors (Lipinski definition) is 2. The van der Waals surface area contributed by atoms with Gasteiger partial charge in [-0.15, -0.1) is 0 Å². The average molecular weight is 347 g/mol. The summed E-state index contributed by atoms with van der Waals surface area (Å²) in [4.78, 5) is 19.8. The molecule has 0 saturated heterocycles. The van der Waals surface area contributed by atoms with E-state index >= 15 is 0 Å². The molecule has 0 radical (unpaired) electrons. The molecule has 1 aromatic heterocycles. The van der Waals surface area contributed by atoms with Crippen molar-refractivity contribution in [3.05, 3.63) is 66.5 Å². The number of imidazole rings is 1. The second-order valence-electron chi connectivity index (χ2n) is 7.16. The molecule has 1 heterocycles. The van der Waals surface area contributed by atoms with E-state index in [2.05, 4.69) is 22.0 Å². The highest BCUT2D eigenvalue weighted by molar-refractivity contribution is 5.80. The van der Waals surface area contributed by atoms with Gasteiger partial charge in [0.15, 0.2) is 0 Å². The summed E-state index contributed by atoms with van der Waals surface area (Å²) in [6.07, 6.45) is 7.74. The lowest BCUT2D eigenvalue weighted by Crippen LogP contribution is -2.42. The molecule has 0 N–H and O–H groups in total. The lowest BCUT2D eigenvalue weighted by molar-refractivity contribution is -0.135. The van der Waals surface area contributed by atoms with Crippen LogP contribution in [0.15, 0.2) is 60.9 Å². The second kappa shape index (κ2) is 7.73. The fourth-order valence-corrected chi connectivity index (χ4v) is 3.97. The van der Waals surface area contributed by atoms with E-state index in [0.717, 1.165) is 23.9 Å². The highest BCUT2D eigenvalue weighted by atomic mass is 16.2. The fraction of sp³-hybridized carbons (Fsp3) is 0.364. The van der Waals surface area contributed by atoms with Crippen LogP contribution in [-0.4, -0.2) is 26.4 Å². The molecule has 1 fully saturated rings. The summed E-state index contributed by atoms with van der Waals surface area (Å²) in [5.74, 6) is 0.184. The van der Waals surface area contributed by atoms with Crippen molar-refractivity contribution in [2.75, 3.05) is 0 Å². The maximum atomic E-state index is 13.2. The maximum absolute atomic E-state index is 13.2. The van der Waals surface area contributed by atoms with Gasteiger partial charge in [-0.25, -0.2) is 4.98 Å². The summed E-state index contributed by atoms with van der Waals surface area (Å²) in [6, 6.07) is 18.7. The first-order valence-electron chi connectivity index (χ1n) is 9.54. The summed E-state index contributed by atoms with van der Waals surface area (Å²) in [7, 11) is 0. The Bertz CT molecular complexity index is 865. The number of para-hydroxylation sites is 2. The van der Waals surface area contributed by atoms with Crippen molar-refractivity contribution >= 4 is 16.9 Å². The molecule has 4 rings (SSSR count). The normalized spacial score (nSPS) is 15.2. The van der Waals surface area contributed by atoms with Crippen LogP contribution in [0.2, 0.25) is 0 Å².